The van der Waals surface area contributed by atoms with Gasteiger partial charge in [-0.05, 0) is 49.8 Å². The fourth-order valence-electron chi connectivity index (χ4n) is 3.56. The molecule has 2 N–H and O–H groups in total. The number of benzene rings is 1. The van der Waals surface area contributed by atoms with Crippen molar-refractivity contribution in [2.24, 2.45) is 0 Å². The van der Waals surface area contributed by atoms with Gasteiger partial charge in [-0.1, -0.05) is 6.92 Å². The lowest BCUT2D eigenvalue weighted by molar-refractivity contribution is -0.141. The molecule has 1 aromatic rings. The molecule has 1 atom stereocenters. The molecule has 1 aliphatic heterocycles. The zero-order chi connectivity index (χ0) is 18.4. The first kappa shape index (κ1) is 19.5. The van der Waals surface area contributed by atoms with Crippen LogP contribution in [0.2, 0.25) is 0 Å². The summed E-state index contributed by atoms with van der Waals surface area (Å²) in [6.07, 6.45) is 2.68. The molecule has 0 aromatic heterocycles. The lowest BCUT2D eigenvalue weighted by Crippen LogP contribution is -2.40. The first-order valence-electron chi connectivity index (χ1n) is 9.01. The highest BCUT2D eigenvalue weighted by Gasteiger charge is 2.26. The van der Waals surface area contributed by atoms with E-state index in [9.17, 15) is 9.18 Å². The third kappa shape index (κ3) is 4.63. The molecule has 0 amide bonds. The van der Waals surface area contributed by atoms with Gasteiger partial charge in [0.05, 0.1) is 24.9 Å². The number of nitrogens with two attached hydrogens (primary N) is 1. The highest BCUT2D eigenvalue weighted by atomic mass is 19.1. The van der Waals surface area contributed by atoms with Crippen LogP contribution in [-0.2, 0) is 14.3 Å². The quantitative estimate of drug-likeness (QED) is 0.601. The molecule has 1 fully saturated rings. The summed E-state index contributed by atoms with van der Waals surface area (Å²) >= 11 is 0. The summed E-state index contributed by atoms with van der Waals surface area (Å²) < 4.78 is 25.1. The maximum atomic E-state index is 14.9. The van der Waals surface area contributed by atoms with Crippen molar-refractivity contribution in [1.29, 1.82) is 0 Å². The van der Waals surface area contributed by atoms with Crippen molar-refractivity contribution in [3.63, 3.8) is 0 Å². The van der Waals surface area contributed by atoms with Crippen LogP contribution < -0.4 is 10.6 Å². The number of anilines is 2. The largest absolute Gasteiger partial charge is 0.469 e. The number of hydrogen-bond donors (Lipinski definition) is 1. The number of esters is 1. The number of halogens is 1. The van der Waals surface area contributed by atoms with Gasteiger partial charge in [0, 0.05) is 25.8 Å². The summed E-state index contributed by atoms with van der Waals surface area (Å²) in [5.41, 5.74) is 7.86. The summed E-state index contributed by atoms with van der Waals surface area (Å²) in [7, 11) is 1.36. The number of carbonyl (C=O) groups is 1. The molecule has 2 rings (SSSR count). The molecule has 0 aliphatic carbocycles. The molecule has 25 heavy (non-hydrogen) atoms. The van der Waals surface area contributed by atoms with Crippen LogP contribution in [0.15, 0.2) is 12.1 Å². The van der Waals surface area contributed by atoms with Crippen molar-refractivity contribution in [2.75, 3.05) is 37.5 Å². The van der Waals surface area contributed by atoms with Crippen molar-refractivity contribution in [3.05, 3.63) is 23.5 Å². The van der Waals surface area contributed by atoms with Crippen molar-refractivity contribution in [3.8, 4) is 0 Å². The summed E-state index contributed by atoms with van der Waals surface area (Å²) in [4.78, 5) is 13.6. The molecular weight excluding hydrogens is 323 g/mol. The molecule has 1 aromatic carbocycles. The maximum absolute atomic E-state index is 14.9. The van der Waals surface area contributed by atoms with Gasteiger partial charge in [0.2, 0.25) is 0 Å². The molecule has 0 radical (unpaired) electrons. The van der Waals surface area contributed by atoms with E-state index in [1.54, 1.807) is 6.07 Å². The molecule has 6 heteroatoms. The number of hydrogen-bond acceptors (Lipinski definition) is 5. The molecular formula is C19H29FN2O3. The minimum Gasteiger partial charge on any atom is -0.469 e. The molecule has 140 valence electrons. The molecule has 0 bridgehead atoms. The lowest BCUT2D eigenvalue weighted by atomic mass is 9.92. The first-order chi connectivity index (χ1) is 12.0. The van der Waals surface area contributed by atoms with E-state index in [4.69, 9.17) is 15.2 Å². The Bertz CT molecular complexity index is 565. The zero-order valence-electron chi connectivity index (χ0n) is 15.4. The smallest absolute Gasteiger partial charge is 0.306 e. The van der Waals surface area contributed by atoms with Gasteiger partial charge in [-0.2, -0.15) is 0 Å². The first-order valence-corrected chi connectivity index (χ1v) is 9.01. The lowest BCUT2D eigenvalue weighted by Gasteiger charge is -2.36. The Balaban J connectivity index is 2.30. The number of nitrogen functional groups attached to an aromatic ring is 1. The van der Waals surface area contributed by atoms with Gasteiger partial charge in [0.15, 0.2) is 0 Å². The average Bonchev–Trinajstić information content (AvgIpc) is 2.62. The van der Waals surface area contributed by atoms with Crippen LogP contribution in [0.3, 0.4) is 0 Å². The second-order valence-corrected chi connectivity index (χ2v) is 6.46. The van der Waals surface area contributed by atoms with Gasteiger partial charge < -0.3 is 20.1 Å². The van der Waals surface area contributed by atoms with Crippen molar-refractivity contribution < 1.29 is 18.7 Å². The van der Waals surface area contributed by atoms with Crippen LogP contribution in [0, 0.1) is 5.82 Å². The third-order valence-corrected chi connectivity index (χ3v) is 4.98. The Morgan fingerprint density at radius 2 is 2.08 bits per heavy atom. The summed E-state index contributed by atoms with van der Waals surface area (Å²) in [5.74, 6) is -0.726. The number of carbonyl (C=O) groups excluding carboxylic acids is 1. The van der Waals surface area contributed by atoms with E-state index in [1.807, 2.05) is 18.7 Å². The molecule has 1 saturated heterocycles. The Labute approximate surface area is 149 Å². The fraction of sp³-hybridized carbons (Fsp3) is 0.632. The van der Waals surface area contributed by atoms with E-state index in [0.717, 1.165) is 18.4 Å². The predicted octanol–water partition coefficient (Wildman–Crippen LogP) is 3.47. The minimum atomic E-state index is -0.327. The van der Waals surface area contributed by atoms with Gasteiger partial charge in [-0.25, -0.2) is 4.39 Å². The summed E-state index contributed by atoms with van der Waals surface area (Å²) in [5, 5.41) is 0. The Hall–Kier alpha value is -1.82. The Morgan fingerprint density at radius 1 is 1.40 bits per heavy atom. The monoisotopic (exact) mass is 352 g/mol. The van der Waals surface area contributed by atoms with E-state index in [1.165, 1.54) is 13.2 Å². The Kier molecular flexibility index (Phi) is 7.05. The third-order valence-electron chi connectivity index (χ3n) is 4.98. The van der Waals surface area contributed by atoms with E-state index < -0.39 is 0 Å². The van der Waals surface area contributed by atoms with Crippen LogP contribution in [0.1, 0.15) is 51.0 Å². The van der Waals surface area contributed by atoms with Gasteiger partial charge in [0.1, 0.15) is 5.82 Å². The number of nitrogens with zero attached hydrogens (tertiary/aromatic N) is 1. The maximum Gasteiger partial charge on any atom is 0.306 e. The molecule has 0 saturated carbocycles. The van der Waals surface area contributed by atoms with Gasteiger partial charge >= 0.3 is 5.97 Å². The summed E-state index contributed by atoms with van der Waals surface area (Å²) in [6, 6.07) is 3.56. The van der Waals surface area contributed by atoms with Crippen LogP contribution in [0.4, 0.5) is 15.8 Å². The van der Waals surface area contributed by atoms with E-state index in [2.05, 4.69) is 0 Å². The van der Waals surface area contributed by atoms with Crippen molar-refractivity contribution in [2.45, 2.75) is 51.5 Å². The van der Waals surface area contributed by atoms with Crippen LogP contribution in [0.5, 0.6) is 0 Å². The van der Waals surface area contributed by atoms with Crippen molar-refractivity contribution in [1.82, 2.24) is 0 Å². The number of rotatable bonds is 7. The van der Waals surface area contributed by atoms with E-state index in [0.29, 0.717) is 37.6 Å². The van der Waals surface area contributed by atoms with Gasteiger partial charge in [-0.15, -0.1) is 0 Å². The normalized spacial score (nSPS) is 16.5. The van der Waals surface area contributed by atoms with Crippen LogP contribution in [-0.4, -0.2) is 38.9 Å². The average molecular weight is 352 g/mol. The molecule has 1 unspecified atom stereocenters. The highest BCUT2D eigenvalue weighted by molar-refractivity contribution is 5.72. The predicted molar refractivity (Wildman–Crippen MR) is 97.3 cm³/mol. The topological polar surface area (TPSA) is 64.8 Å². The van der Waals surface area contributed by atoms with Crippen LogP contribution >= 0.6 is 0 Å². The molecule has 1 aliphatic rings. The number of methoxy groups -OCH3 is 1. The SMILES string of the molecule is CCC(CC(=O)OC)c1cc(N)c(N(CC)C2CCOCC2)c(F)c1. The van der Waals surface area contributed by atoms with E-state index >= 15 is 0 Å². The van der Waals surface area contributed by atoms with Gasteiger partial charge in [0.25, 0.3) is 0 Å². The minimum absolute atomic E-state index is 0.101. The standard InChI is InChI=1S/C19H29FN2O3/c1-4-13(12-18(23)24-3)14-10-16(20)19(17(21)11-14)22(5-2)15-6-8-25-9-7-15/h10-11,13,15H,4-9,12,21H2,1-3H3. The molecule has 5 nitrogen and oxygen atoms in total. The Morgan fingerprint density at radius 3 is 2.60 bits per heavy atom. The second kappa shape index (κ2) is 9.04. The summed E-state index contributed by atoms with van der Waals surface area (Å²) in [6.45, 7) is 6.05. The number of ether oxygens (including phenoxy) is 2. The van der Waals surface area contributed by atoms with E-state index in [-0.39, 0.29) is 30.2 Å². The van der Waals surface area contributed by atoms with Crippen LogP contribution in [0.25, 0.3) is 0 Å². The zero-order valence-corrected chi connectivity index (χ0v) is 15.4. The van der Waals surface area contributed by atoms with Crippen molar-refractivity contribution >= 4 is 17.3 Å². The molecule has 1 heterocycles. The molecule has 0 spiro atoms. The van der Waals surface area contributed by atoms with Gasteiger partial charge in [-0.3, -0.25) is 4.79 Å². The second-order valence-electron chi connectivity index (χ2n) is 6.46. The highest BCUT2D eigenvalue weighted by Crippen LogP contribution is 2.35. The fourth-order valence-corrected chi connectivity index (χ4v) is 3.56.